The molecule has 1 aliphatic rings. The first-order valence-corrected chi connectivity index (χ1v) is 7.60. The number of hydrogen-bond donors (Lipinski definition) is 2. The molecule has 0 aromatic carbocycles. The molecule has 110 valence electrons. The number of carbonyl (C=O) groups is 1. The van der Waals surface area contributed by atoms with Gasteiger partial charge in [-0.05, 0) is 43.0 Å². The van der Waals surface area contributed by atoms with Crippen LogP contribution < -0.4 is 5.32 Å². The molecule has 4 nitrogen and oxygen atoms in total. The maximum Gasteiger partial charge on any atom is 0.253 e. The highest BCUT2D eigenvalue weighted by Gasteiger charge is 2.44. The second kappa shape index (κ2) is 5.72. The van der Waals surface area contributed by atoms with Crippen LogP contribution in [0.5, 0.6) is 0 Å². The Hall–Kier alpha value is -2.10. The lowest BCUT2D eigenvalue weighted by atomic mass is 9.97. The van der Waals surface area contributed by atoms with Crippen molar-refractivity contribution in [3.63, 3.8) is 0 Å². The van der Waals surface area contributed by atoms with Crippen LogP contribution >= 0.6 is 0 Å². The zero-order valence-electron chi connectivity index (χ0n) is 12.4. The van der Waals surface area contributed by atoms with Gasteiger partial charge < -0.3 is 10.3 Å². The van der Waals surface area contributed by atoms with Gasteiger partial charge in [-0.3, -0.25) is 9.78 Å². The second-order valence-corrected chi connectivity index (χ2v) is 5.82. The van der Waals surface area contributed by atoms with Crippen molar-refractivity contribution in [3.8, 4) is 0 Å². The lowest BCUT2D eigenvalue weighted by molar-refractivity contribution is 0.0949. The fourth-order valence-corrected chi connectivity index (χ4v) is 2.84. The third kappa shape index (κ3) is 2.84. The Kier molecular flexibility index (Phi) is 3.78. The molecule has 0 spiro atoms. The van der Waals surface area contributed by atoms with Gasteiger partial charge in [0.25, 0.3) is 5.91 Å². The molecule has 1 fully saturated rings. The third-order valence-electron chi connectivity index (χ3n) is 4.31. The summed E-state index contributed by atoms with van der Waals surface area (Å²) in [6.07, 6.45) is 9.69. The van der Waals surface area contributed by atoms with Crippen molar-refractivity contribution in [3.05, 3.63) is 53.6 Å². The topological polar surface area (TPSA) is 57.8 Å². The SMILES string of the molecule is CCCc1[nH]ccc1C(=O)NCC1(c2ccncc2)CC1. The zero-order valence-corrected chi connectivity index (χ0v) is 12.4. The summed E-state index contributed by atoms with van der Waals surface area (Å²) in [4.78, 5) is 19.6. The van der Waals surface area contributed by atoms with E-state index in [1.807, 2.05) is 24.7 Å². The summed E-state index contributed by atoms with van der Waals surface area (Å²) in [5.41, 5.74) is 3.21. The Morgan fingerprint density at radius 2 is 2.10 bits per heavy atom. The molecule has 2 N–H and O–H groups in total. The number of H-pyrrole nitrogens is 1. The van der Waals surface area contributed by atoms with E-state index in [4.69, 9.17) is 0 Å². The van der Waals surface area contributed by atoms with Crippen LogP contribution in [0, 0.1) is 0 Å². The van der Waals surface area contributed by atoms with Gasteiger partial charge in [-0.25, -0.2) is 0 Å². The van der Waals surface area contributed by atoms with Crippen molar-refractivity contribution in [2.75, 3.05) is 6.54 Å². The van der Waals surface area contributed by atoms with E-state index in [9.17, 15) is 4.79 Å². The van der Waals surface area contributed by atoms with Crippen LogP contribution in [0.3, 0.4) is 0 Å². The predicted molar refractivity (Wildman–Crippen MR) is 82.3 cm³/mol. The number of nitrogens with zero attached hydrogens (tertiary/aromatic N) is 1. The summed E-state index contributed by atoms with van der Waals surface area (Å²) >= 11 is 0. The van der Waals surface area contributed by atoms with Crippen LogP contribution in [0.2, 0.25) is 0 Å². The Morgan fingerprint density at radius 3 is 2.76 bits per heavy atom. The lowest BCUT2D eigenvalue weighted by Crippen LogP contribution is -2.32. The van der Waals surface area contributed by atoms with Gasteiger partial charge >= 0.3 is 0 Å². The number of aryl methyl sites for hydroxylation is 1. The van der Waals surface area contributed by atoms with Gasteiger partial charge in [0.15, 0.2) is 0 Å². The molecule has 0 unspecified atom stereocenters. The minimum Gasteiger partial charge on any atom is -0.364 e. The number of aromatic nitrogens is 2. The summed E-state index contributed by atoms with van der Waals surface area (Å²) in [5.74, 6) is 0.0278. The zero-order chi connectivity index (χ0) is 14.7. The second-order valence-electron chi connectivity index (χ2n) is 5.82. The number of nitrogens with one attached hydrogen (secondary N) is 2. The highest BCUT2D eigenvalue weighted by Crippen LogP contribution is 2.47. The van der Waals surface area contributed by atoms with Crippen LogP contribution in [0.1, 0.15) is 47.8 Å². The minimum atomic E-state index is 0.0278. The lowest BCUT2D eigenvalue weighted by Gasteiger charge is -2.16. The van der Waals surface area contributed by atoms with Gasteiger partial charge in [0, 0.05) is 36.2 Å². The molecule has 2 heterocycles. The molecule has 1 amide bonds. The molecule has 0 radical (unpaired) electrons. The normalized spacial score (nSPS) is 15.7. The number of amides is 1. The standard InChI is InChI=1S/C17H21N3O/c1-2-3-15-14(6-11-19-15)16(21)20-12-17(7-8-17)13-4-9-18-10-5-13/h4-6,9-11,19H,2-3,7-8,12H2,1H3,(H,20,21). The van der Waals surface area contributed by atoms with E-state index >= 15 is 0 Å². The van der Waals surface area contributed by atoms with E-state index in [-0.39, 0.29) is 11.3 Å². The first kappa shape index (κ1) is 13.9. The van der Waals surface area contributed by atoms with Gasteiger partial charge in [0.2, 0.25) is 0 Å². The molecule has 0 saturated heterocycles. The van der Waals surface area contributed by atoms with E-state index in [0.717, 1.165) is 36.9 Å². The van der Waals surface area contributed by atoms with Gasteiger partial charge in [0.1, 0.15) is 0 Å². The Bertz CT molecular complexity index is 614. The van der Waals surface area contributed by atoms with Crippen molar-refractivity contribution in [1.29, 1.82) is 0 Å². The van der Waals surface area contributed by atoms with E-state index < -0.39 is 0 Å². The average Bonchev–Trinajstić information content (AvgIpc) is 3.18. The summed E-state index contributed by atoms with van der Waals surface area (Å²) < 4.78 is 0. The van der Waals surface area contributed by atoms with Crippen molar-refractivity contribution in [2.45, 2.75) is 38.0 Å². The maximum atomic E-state index is 12.4. The fraction of sp³-hybridized carbons (Fsp3) is 0.412. The first-order chi connectivity index (χ1) is 10.2. The molecule has 0 atom stereocenters. The van der Waals surface area contributed by atoms with Crippen molar-refractivity contribution in [1.82, 2.24) is 15.3 Å². The van der Waals surface area contributed by atoms with Gasteiger partial charge in [-0.15, -0.1) is 0 Å². The van der Waals surface area contributed by atoms with E-state index in [1.165, 1.54) is 5.56 Å². The van der Waals surface area contributed by atoms with Gasteiger partial charge in [-0.1, -0.05) is 13.3 Å². The quantitative estimate of drug-likeness (QED) is 0.856. The summed E-state index contributed by atoms with van der Waals surface area (Å²) in [5, 5.41) is 3.11. The summed E-state index contributed by atoms with van der Waals surface area (Å²) in [6, 6.07) is 5.97. The molecule has 21 heavy (non-hydrogen) atoms. The number of aromatic amines is 1. The van der Waals surface area contributed by atoms with E-state index in [2.05, 4.69) is 34.3 Å². The van der Waals surface area contributed by atoms with E-state index in [0.29, 0.717) is 6.54 Å². The van der Waals surface area contributed by atoms with Crippen molar-refractivity contribution < 1.29 is 4.79 Å². The molecule has 0 bridgehead atoms. The van der Waals surface area contributed by atoms with Crippen LogP contribution in [0.4, 0.5) is 0 Å². The fourth-order valence-electron chi connectivity index (χ4n) is 2.84. The highest BCUT2D eigenvalue weighted by atomic mass is 16.1. The molecule has 0 aliphatic heterocycles. The molecular weight excluding hydrogens is 262 g/mol. The first-order valence-electron chi connectivity index (χ1n) is 7.60. The Labute approximate surface area is 125 Å². The summed E-state index contributed by atoms with van der Waals surface area (Å²) in [6.45, 7) is 2.82. The highest BCUT2D eigenvalue weighted by molar-refractivity contribution is 5.95. The molecular formula is C17H21N3O. The third-order valence-corrected chi connectivity index (χ3v) is 4.31. The van der Waals surface area contributed by atoms with Crippen molar-refractivity contribution >= 4 is 5.91 Å². The van der Waals surface area contributed by atoms with Crippen LogP contribution in [0.15, 0.2) is 36.8 Å². The largest absolute Gasteiger partial charge is 0.364 e. The minimum absolute atomic E-state index is 0.0278. The smallest absolute Gasteiger partial charge is 0.253 e. The number of hydrogen-bond acceptors (Lipinski definition) is 2. The molecule has 1 saturated carbocycles. The van der Waals surface area contributed by atoms with Gasteiger partial charge in [0.05, 0.1) is 5.56 Å². The van der Waals surface area contributed by atoms with Crippen LogP contribution in [-0.2, 0) is 11.8 Å². The van der Waals surface area contributed by atoms with Crippen molar-refractivity contribution in [2.24, 2.45) is 0 Å². The predicted octanol–water partition coefficient (Wildman–Crippen LogP) is 2.82. The van der Waals surface area contributed by atoms with Gasteiger partial charge in [-0.2, -0.15) is 0 Å². The van der Waals surface area contributed by atoms with Crippen LogP contribution in [0.25, 0.3) is 0 Å². The average molecular weight is 283 g/mol. The van der Waals surface area contributed by atoms with E-state index in [1.54, 1.807) is 0 Å². The molecule has 2 aromatic heterocycles. The Balaban J connectivity index is 1.65. The van der Waals surface area contributed by atoms with Crippen LogP contribution in [-0.4, -0.2) is 22.4 Å². The molecule has 2 aromatic rings. The monoisotopic (exact) mass is 283 g/mol. The molecule has 3 rings (SSSR count). The molecule has 4 heteroatoms. The molecule has 1 aliphatic carbocycles. The number of rotatable bonds is 6. The maximum absolute atomic E-state index is 12.4. The Morgan fingerprint density at radius 1 is 1.33 bits per heavy atom. The number of carbonyl (C=O) groups excluding carboxylic acids is 1. The number of pyridine rings is 1. The summed E-state index contributed by atoms with van der Waals surface area (Å²) in [7, 11) is 0.